The molecule has 10 nitrogen and oxygen atoms in total. The van der Waals surface area contributed by atoms with E-state index in [0.29, 0.717) is 23.4 Å². The van der Waals surface area contributed by atoms with Gasteiger partial charge in [-0.05, 0) is 63.7 Å². The number of aromatic nitrogens is 1. The molecule has 0 radical (unpaired) electrons. The number of amides is 2. The third-order valence-corrected chi connectivity index (χ3v) is 10.8. The minimum Gasteiger partial charge on any atom is -0.497 e. The number of hydrogen-bond donors (Lipinski definition) is 2. The van der Waals surface area contributed by atoms with Crippen molar-refractivity contribution in [3.8, 4) is 22.8 Å². The highest BCUT2D eigenvalue weighted by atomic mass is 16.5. The molecule has 2 aromatic carbocycles. The van der Waals surface area contributed by atoms with Gasteiger partial charge in [-0.2, -0.15) is 0 Å². The molecule has 0 bridgehead atoms. The molecule has 0 spiro atoms. The number of carbonyl (C=O) groups excluding carboxylic acids is 2. The van der Waals surface area contributed by atoms with Crippen LogP contribution in [-0.4, -0.2) is 88.1 Å². The van der Waals surface area contributed by atoms with Gasteiger partial charge in [0.1, 0.15) is 29.2 Å². The van der Waals surface area contributed by atoms with Crippen LogP contribution in [-0.2, 0) is 14.4 Å². The summed E-state index contributed by atoms with van der Waals surface area (Å²) in [6.45, 7) is 1.95. The second kappa shape index (κ2) is 14.2. The van der Waals surface area contributed by atoms with Crippen molar-refractivity contribution in [2.75, 3.05) is 26.7 Å². The number of allylic oxidation sites excluding steroid dienone is 1. The standard InChI is InChI=1S/C39H46N4O6/c1-48-28-17-18-30-32(21-28)40-31(26-13-7-5-8-14-26)23-35(30)49-29-22-34-36(44)41-39(38(46)47)24-27(39)15-9-3-2-4-10-16-33(37(45)43(34)25-29)42-19-11-6-12-20-42/h5,7-9,13-15,17-18,21,23,27,29,33-34H,2-4,6,10-12,16,19-20,22,24-25H2,1H3,(H,41,44)(H,46,47)/t27-,29-,33+,34+,39-/m1/s1. The van der Waals surface area contributed by atoms with E-state index in [4.69, 9.17) is 14.5 Å². The van der Waals surface area contributed by atoms with E-state index in [1.165, 1.54) is 0 Å². The Labute approximate surface area is 287 Å². The van der Waals surface area contributed by atoms with E-state index in [2.05, 4.69) is 16.3 Å². The first-order valence-corrected chi connectivity index (χ1v) is 17.8. The van der Waals surface area contributed by atoms with Crippen molar-refractivity contribution in [3.05, 3.63) is 66.7 Å². The van der Waals surface area contributed by atoms with Gasteiger partial charge in [0.15, 0.2) is 0 Å². The molecule has 3 aliphatic heterocycles. The van der Waals surface area contributed by atoms with Gasteiger partial charge in [-0.15, -0.1) is 0 Å². The van der Waals surface area contributed by atoms with Crippen LogP contribution >= 0.6 is 0 Å². The van der Waals surface area contributed by atoms with E-state index in [1.807, 2.05) is 60.7 Å². The Morgan fingerprint density at radius 1 is 0.980 bits per heavy atom. The van der Waals surface area contributed by atoms with Crippen molar-refractivity contribution in [2.24, 2.45) is 5.92 Å². The van der Waals surface area contributed by atoms with Gasteiger partial charge in [0, 0.05) is 35.4 Å². The molecule has 2 saturated heterocycles. The lowest BCUT2D eigenvalue weighted by Crippen LogP contribution is -2.56. The van der Waals surface area contributed by atoms with Crippen molar-refractivity contribution in [2.45, 2.75) is 87.9 Å². The normalized spacial score (nSPS) is 28.1. The van der Waals surface area contributed by atoms with Crippen molar-refractivity contribution in [1.82, 2.24) is 20.1 Å². The summed E-state index contributed by atoms with van der Waals surface area (Å²) in [5.74, 6) is -0.522. The lowest BCUT2D eigenvalue weighted by atomic mass is 10.0. The van der Waals surface area contributed by atoms with E-state index >= 15 is 0 Å². The Bertz CT molecular complexity index is 1720. The number of likely N-dealkylation sites (tertiary alicyclic amines) is 1. The average molecular weight is 667 g/mol. The molecular formula is C39H46N4O6. The molecule has 10 heteroatoms. The number of methoxy groups -OCH3 is 1. The Balaban J connectivity index is 1.23. The fraction of sp³-hybridized carbons (Fsp3) is 0.487. The van der Waals surface area contributed by atoms with E-state index in [9.17, 15) is 19.5 Å². The molecule has 4 heterocycles. The summed E-state index contributed by atoms with van der Waals surface area (Å²) < 4.78 is 12.2. The first kappa shape index (κ1) is 33.1. The monoisotopic (exact) mass is 666 g/mol. The van der Waals surface area contributed by atoms with E-state index in [-0.39, 0.29) is 30.8 Å². The van der Waals surface area contributed by atoms with Crippen LogP contribution in [0.15, 0.2) is 66.7 Å². The smallest absolute Gasteiger partial charge is 0.330 e. The van der Waals surface area contributed by atoms with Gasteiger partial charge in [0.2, 0.25) is 11.8 Å². The molecule has 1 aliphatic carbocycles. The number of hydrogen-bond acceptors (Lipinski definition) is 7. The lowest BCUT2D eigenvalue weighted by molar-refractivity contribution is -0.146. The van der Waals surface area contributed by atoms with Crippen LogP contribution in [0.2, 0.25) is 0 Å². The molecule has 2 amide bonds. The maximum absolute atomic E-state index is 14.6. The quantitative estimate of drug-likeness (QED) is 0.327. The van der Waals surface area contributed by atoms with Crippen LogP contribution in [0, 0.1) is 5.92 Å². The molecule has 3 fully saturated rings. The first-order chi connectivity index (χ1) is 23.9. The summed E-state index contributed by atoms with van der Waals surface area (Å²) in [6.07, 6.45) is 11.8. The second-order valence-electron chi connectivity index (χ2n) is 14.0. The van der Waals surface area contributed by atoms with Crippen molar-refractivity contribution in [1.29, 1.82) is 0 Å². The molecule has 3 aromatic rings. The Hall–Kier alpha value is -4.44. The molecule has 7 rings (SSSR count). The van der Waals surface area contributed by atoms with Gasteiger partial charge in [-0.1, -0.05) is 61.7 Å². The summed E-state index contributed by atoms with van der Waals surface area (Å²) in [5.41, 5.74) is 1.03. The van der Waals surface area contributed by atoms with Crippen LogP contribution in [0.3, 0.4) is 0 Å². The maximum atomic E-state index is 14.6. The zero-order valence-electron chi connectivity index (χ0n) is 28.2. The van der Waals surface area contributed by atoms with Crippen LogP contribution in [0.4, 0.5) is 0 Å². The highest BCUT2D eigenvalue weighted by Gasteiger charge is 2.61. The van der Waals surface area contributed by atoms with Crippen LogP contribution in [0.5, 0.6) is 11.5 Å². The predicted octanol–water partition coefficient (Wildman–Crippen LogP) is 5.59. The van der Waals surface area contributed by atoms with Gasteiger partial charge in [-0.25, -0.2) is 9.78 Å². The van der Waals surface area contributed by atoms with Gasteiger partial charge >= 0.3 is 5.97 Å². The maximum Gasteiger partial charge on any atom is 0.330 e. The zero-order valence-corrected chi connectivity index (χ0v) is 28.2. The average Bonchev–Trinajstić information content (AvgIpc) is 3.66. The zero-order chi connectivity index (χ0) is 34.0. The number of fused-ring (bicyclic) bond motifs is 3. The lowest BCUT2D eigenvalue weighted by Gasteiger charge is -2.37. The molecule has 49 heavy (non-hydrogen) atoms. The number of pyridine rings is 1. The number of rotatable bonds is 6. The van der Waals surface area contributed by atoms with E-state index in [1.54, 1.807) is 12.0 Å². The minimum absolute atomic E-state index is 0.0628. The number of aliphatic carboxylic acids is 1. The molecule has 5 atom stereocenters. The molecule has 0 unspecified atom stereocenters. The highest BCUT2D eigenvalue weighted by molar-refractivity contribution is 5.96. The van der Waals surface area contributed by atoms with Gasteiger partial charge in [0.25, 0.3) is 0 Å². The summed E-state index contributed by atoms with van der Waals surface area (Å²) >= 11 is 0. The molecule has 1 aromatic heterocycles. The number of piperidine rings is 1. The number of benzene rings is 2. The molecule has 2 N–H and O–H groups in total. The van der Waals surface area contributed by atoms with Crippen molar-refractivity contribution >= 4 is 28.7 Å². The Morgan fingerprint density at radius 2 is 1.78 bits per heavy atom. The van der Waals surface area contributed by atoms with Gasteiger partial charge in [0.05, 0.1) is 30.9 Å². The largest absolute Gasteiger partial charge is 0.497 e. The number of carboxylic acids is 1. The van der Waals surface area contributed by atoms with Crippen molar-refractivity contribution in [3.63, 3.8) is 0 Å². The topological polar surface area (TPSA) is 121 Å². The van der Waals surface area contributed by atoms with Crippen molar-refractivity contribution < 1.29 is 29.0 Å². The Kier molecular flexibility index (Phi) is 9.58. The third-order valence-electron chi connectivity index (χ3n) is 10.8. The highest BCUT2D eigenvalue weighted by Crippen LogP contribution is 2.45. The Morgan fingerprint density at radius 3 is 2.55 bits per heavy atom. The third kappa shape index (κ3) is 6.88. The fourth-order valence-corrected chi connectivity index (χ4v) is 7.90. The fourth-order valence-electron chi connectivity index (χ4n) is 7.90. The van der Waals surface area contributed by atoms with Crippen LogP contribution < -0.4 is 14.8 Å². The summed E-state index contributed by atoms with van der Waals surface area (Å²) in [7, 11) is 1.62. The second-order valence-corrected chi connectivity index (χ2v) is 14.0. The van der Waals surface area contributed by atoms with E-state index in [0.717, 1.165) is 81.1 Å². The molecule has 258 valence electrons. The molecule has 4 aliphatic rings. The first-order valence-electron chi connectivity index (χ1n) is 17.8. The van der Waals surface area contributed by atoms with Gasteiger partial charge in [-0.3, -0.25) is 14.5 Å². The number of carboxylic acid groups (broad SMARTS) is 1. The van der Waals surface area contributed by atoms with Crippen LogP contribution in [0.1, 0.15) is 64.2 Å². The molecular weight excluding hydrogens is 620 g/mol. The molecule has 1 saturated carbocycles. The summed E-state index contributed by atoms with van der Waals surface area (Å²) in [6, 6.07) is 16.3. The summed E-state index contributed by atoms with van der Waals surface area (Å²) in [5, 5.41) is 13.9. The minimum atomic E-state index is -1.35. The predicted molar refractivity (Wildman–Crippen MR) is 186 cm³/mol. The number of nitrogens with zero attached hydrogens (tertiary/aromatic N) is 3. The summed E-state index contributed by atoms with van der Waals surface area (Å²) in [4.78, 5) is 50.2. The number of carbonyl (C=O) groups is 3. The van der Waals surface area contributed by atoms with E-state index < -0.39 is 29.6 Å². The number of nitrogens with one attached hydrogen (secondary N) is 1. The SMILES string of the molecule is COc1ccc2c(O[C@@H]3C[C@H]4C(=O)N[C@]5(C(=O)O)C[C@H]5C=CCCCCC[C@H](N5CCCCC5)C(=O)N4C3)cc(-c3ccccc3)nc2c1. The van der Waals surface area contributed by atoms with Gasteiger partial charge < -0.3 is 24.8 Å². The van der Waals surface area contributed by atoms with Crippen LogP contribution in [0.25, 0.3) is 22.2 Å². The number of ether oxygens (including phenoxy) is 2.